The summed E-state index contributed by atoms with van der Waals surface area (Å²) in [4.78, 5) is 26.7. The average molecular weight is 447 g/mol. The second kappa shape index (κ2) is 7.42. The molecule has 3 heterocycles. The average Bonchev–Trinajstić information content (AvgIpc) is 3.18. The molecule has 0 aromatic heterocycles. The van der Waals surface area contributed by atoms with E-state index in [0.717, 1.165) is 31.5 Å². The van der Waals surface area contributed by atoms with Gasteiger partial charge < -0.3 is 25.0 Å². The molecule has 178 valence electrons. The van der Waals surface area contributed by atoms with Crippen LogP contribution < -0.4 is 11.1 Å². The number of nitrogens with zero attached hydrogens (tertiary/aromatic N) is 1. The fraction of sp³-hybridized carbons (Fsp3) is 0.913. The summed E-state index contributed by atoms with van der Waals surface area (Å²) in [5.41, 5.74) is 5.01. The van der Waals surface area contributed by atoms with Crippen molar-refractivity contribution in [1.82, 2.24) is 10.2 Å². The minimum absolute atomic E-state index is 0.0937. The number of hydrogen-bond donors (Lipinski definition) is 3. The van der Waals surface area contributed by atoms with E-state index in [1.54, 1.807) is 6.92 Å². The van der Waals surface area contributed by atoms with Crippen LogP contribution in [0.5, 0.6) is 0 Å². The quantitative estimate of drug-likeness (QED) is 0.529. The van der Waals surface area contributed by atoms with Gasteiger partial charge in [-0.2, -0.15) is 0 Å². The van der Waals surface area contributed by atoms with E-state index in [0.29, 0.717) is 30.8 Å². The third-order valence-corrected chi connectivity index (χ3v) is 9.88. The number of carbonyl (C=O) groups excluding carboxylic acids is 1. The molecule has 0 spiro atoms. The molecule has 8 nitrogen and oxygen atoms in total. The predicted molar refractivity (Wildman–Crippen MR) is 120 cm³/mol. The van der Waals surface area contributed by atoms with Crippen LogP contribution in [-0.2, 0) is 18.9 Å². The molecule has 1 amide bonds. The zero-order valence-electron chi connectivity index (χ0n) is 19.8. The lowest BCUT2D eigenvalue weighted by Crippen LogP contribution is -2.65. The highest BCUT2D eigenvalue weighted by Gasteiger charge is 2.67. The van der Waals surface area contributed by atoms with Crippen LogP contribution >= 0.6 is 0 Å². The number of likely N-dealkylation sites (tertiary alicyclic amines) is 1. The molecule has 0 aromatic rings. The summed E-state index contributed by atoms with van der Waals surface area (Å²) in [5.74, 6) is 0.217. The largest absolute Gasteiger partial charge is 0.480 e. The van der Waals surface area contributed by atoms with E-state index in [1.165, 1.54) is 6.42 Å². The first-order valence-corrected chi connectivity index (χ1v) is 12.4. The van der Waals surface area contributed by atoms with Crippen LogP contribution in [0.25, 0.3) is 0 Å². The van der Waals surface area contributed by atoms with Crippen LogP contribution in [0.4, 0.5) is 0 Å². The molecule has 0 radical (unpaired) electrons. The van der Waals surface area contributed by atoms with Crippen LogP contribution in [0.15, 0.2) is 0 Å². The lowest BCUT2D eigenvalue weighted by atomic mass is 9.43. The van der Waals surface area contributed by atoms with Crippen LogP contribution in [0.1, 0.15) is 59.8 Å². The standard InChI is InChI=1S/C23H38BN3O5/c1-13(25)19(28)27-9-7-23(20(29)30)15(16(27)12-26-23)6-5-8-24-31-18-11-14-10-17(21(14,2)3)22(18,4)32-24/h13-18,26H,5-12,25H2,1-4H3,(H,29,30)/t13-,14-,15-,16-,17-,18+,22-,23+/m0/s1. The van der Waals surface area contributed by atoms with Crippen LogP contribution in [0.3, 0.4) is 0 Å². The molecule has 0 aromatic carbocycles. The first-order chi connectivity index (χ1) is 15.0. The molecule has 0 unspecified atom stereocenters. The topological polar surface area (TPSA) is 114 Å². The van der Waals surface area contributed by atoms with Gasteiger partial charge in [0.15, 0.2) is 0 Å². The van der Waals surface area contributed by atoms with Crippen LogP contribution in [-0.4, -0.2) is 71.4 Å². The fourth-order valence-electron chi connectivity index (χ4n) is 7.85. The van der Waals surface area contributed by atoms with Gasteiger partial charge in [-0.25, -0.2) is 0 Å². The second-order valence-corrected chi connectivity index (χ2v) is 11.7. The van der Waals surface area contributed by atoms with Crippen molar-refractivity contribution in [2.24, 2.45) is 28.9 Å². The van der Waals surface area contributed by atoms with Crippen LogP contribution in [0.2, 0.25) is 6.32 Å². The van der Waals surface area contributed by atoms with Gasteiger partial charge in [0.25, 0.3) is 0 Å². The first kappa shape index (κ1) is 22.6. The Balaban J connectivity index is 1.23. The molecule has 32 heavy (non-hydrogen) atoms. The maximum absolute atomic E-state index is 12.6. The van der Waals surface area contributed by atoms with E-state index in [2.05, 4.69) is 26.1 Å². The van der Waals surface area contributed by atoms with Crippen molar-refractivity contribution in [3.63, 3.8) is 0 Å². The van der Waals surface area contributed by atoms with E-state index >= 15 is 0 Å². The minimum Gasteiger partial charge on any atom is -0.480 e. The molecule has 3 saturated carbocycles. The van der Waals surface area contributed by atoms with Gasteiger partial charge in [-0.1, -0.05) is 20.3 Å². The molecular weight excluding hydrogens is 409 g/mol. The SMILES string of the molecule is C[C@H](N)C(=O)N1CC[C@@]2(C(=O)O)NC[C@H]1[C@@H]2CCCB1O[C@@H]2C[C@@H]3C[C@@H](C3(C)C)[C@]2(C)O1. The number of nitrogens with two attached hydrogens (primary N) is 1. The number of carboxylic acids is 1. The highest BCUT2D eigenvalue weighted by Crippen LogP contribution is 2.65. The summed E-state index contributed by atoms with van der Waals surface area (Å²) < 4.78 is 12.9. The van der Waals surface area contributed by atoms with Gasteiger partial charge in [-0.05, 0) is 63.1 Å². The monoisotopic (exact) mass is 447 g/mol. The van der Waals surface area contributed by atoms with Crippen LogP contribution in [0, 0.1) is 23.2 Å². The Kier molecular flexibility index (Phi) is 5.25. The molecule has 3 aliphatic heterocycles. The van der Waals surface area contributed by atoms with Crippen molar-refractivity contribution in [3.8, 4) is 0 Å². The molecule has 6 aliphatic rings. The third kappa shape index (κ3) is 3.03. The summed E-state index contributed by atoms with van der Waals surface area (Å²) in [5, 5.41) is 13.3. The maximum Gasteiger partial charge on any atom is 0.457 e. The number of aliphatic carboxylic acids is 1. The zero-order chi connectivity index (χ0) is 23.1. The first-order valence-electron chi connectivity index (χ1n) is 12.4. The molecule has 9 heteroatoms. The molecular formula is C23H38BN3O5. The van der Waals surface area contributed by atoms with Gasteiger partial charge in [0.1, 0.15) is 5.54 Å². The molecule has 4 N–H and O–H groups in total. The Hall–Kier alpha value is -1.16. The minimum atomic E-state index is -0.956. The molecule has 4 bridgehead atoms. The molecule has 3 aliphatic carbocycles. The Morgan fingerprint density at radius 2 is 2.06 bits per heavy atom. The third-order valence-electron chi connectivity index (χ3n) is 9.88. The number of carbonyl (C=O) groups is 2. The maximum atomic E-state index is 12.6. The summed E-state index contributed by atoms with van der Waals surface area (Å²) in [6.07, 6.45) is 5.16. The van der Waals surface area contributed by atoms with Crippen molar-refractivity contribution >= 4 is 19.0 Å². The lowest BCUT2D eigenvalue weighted by Gasteiger charge is -2.64. The lowest BCUT2D eigenvalue weighted by molar-refractivity contribution is -0.199. The summed E-state index contributed by atoms with van der Waals surface area (Å²) >= 11 is 0. The molecule has 6 fully saturated rings. The highest BCUT2D eigenvalue weighted by molar-refractivity contribution is 6.45. The smallest absolute Gasteiger partial charge is 0.457 e. The normalized spacial score (nSPS) is 44.7. The number of rotatable bonds is 6. The second-order valence-electron chi connectivity index (χ2n) is 11.7. The highest BCUT2D eigenvalue weighted by atomic mass is 16.7. The van der Waals surface area contributed by atoms with Crippen molar-refractivity contribution in [1.29, 1.82) is 0 Å². The number of carboxylic acid groups (broad SMARTS) is 1. The van der Waals surface area contributed by atoms with Gasteiger partial charge in [-0.15, -0.1) is 0 Å². The molecule has 8 atom stereocenters. The number of amides is 1. The number of nitrogens with one attached hydrogen (secondary N) is 1. The Morgan fingerprint density at radius 3 is 2.72 bits per heavy atom. The van der Waals surface area contributed by atoms with Crippen molar-refractivity contribution in [2.45, 2.75) is 95.4 Å². The van der Waals surface area contributed by atoms with E-state index in [4.69, 9.17) is 15.0 Å². The van der Waals surface area contributed by atoms with Gasteiger partial charge in [0.05, 0.1) is 17.7 Å². The van der Waals surface area contributed by atoms with Crippen molar-refractivity contribution in [2.75, 3.05) is 13.1 Å². The number of fused-ring (bicyclic) bond motifs is 2. The molecule has 6 rings (SSSR count). The van der Waals surface area contributed by atoms with Gasteiger partial charge in [-0.3, -0.25) is 14.9 Å². The zero-order valence-corrected chi connectivity index (χ0v) is 19.8. The van der Waals surface area contributed by atoms with Crippen molar-refractivity contribution < 1.29 is 24.0 Å². The van der Waals surface area contributed by atoms with E-state index in [-0.39, 0.29) is 36.7 Å². The summed E-state index contributed by atoms with van der Waals surface area (Å²) in [6.45, 7) is 9.58. The number of hydrogen-bond acceptors (Lipinski definition) is 6. The van der Waals surface area contributed by atoms with Crippen molar-refractivity contribution in [3.05, 3.63) is 0 Å². The van der Waals surface area contributed by atoms with Gasteiger partial charge in [0.2, 0.25) is 5.91 Å². The van der Waals surface area contributed by atoms with Gasteiger partial charge >= 0.3 is 13.1 Å². The summed E-state index contributed by atoms with van der Waals surface area (Å²) in [7, 11) is -0.225. The Morgan fingerprint density at radius 1 is 1.31 bits per heavy atom. The van der Waals surface area contributed by atoms with E-state index < -0.39 is 17.6 Å². The predicted octanol–water partition coefficient (Wildman–Crippen LogP) is 1.49. The van der Waals surface area contributed by atoms with E-state index in [9.17, 15) is 14.7 Å². The number of piperidine rings is 1. The Bertz CT molecular complexity index is 809. The molecule has 3 saturated heterocycles. The fourth-order valence-corrected chi connectivity index (χ4v) is 7.85. The Labute approximate surface area is 191 Å². The summed E-state index contributed by atoms with van der Waals surface area (Å²) in [6, 6.07) is -0.703. The van der Waals surface area contributed by atoms with Gasteiger partial charge in [0, 0.05) is 25.0 Å². The van der Waals surface area contributed by atoms with E-state index in [1.807, 2.05) is 4.90 Å².